The zero-order valence-electron chi connectivity index (χ0n) is 16.5. The third-order valence-electron chi connectivity index (χ3n) is 4.62. The van der Waals surface area contributed by atoms with Gasteiger partial charge in [-0.1, -0.05) is 37.3 Å². The number of rotatable bonds is 6. The number of hydrogen-bond donors (Lipinski definition) is 1. The molecule has 0 spiro atoms. The first-order valence-electron chi connectivity index (χ1n) is 9.59. The van der Waals surface area contributed by atoms with E-state index in [1.807, 2.05) is 18.2 Å². The van der Waals surface area contributed by atoms with Gasteiger partial charge >= 0.3 is 5.97 Å². The van der Waals surface area contributed by atoms with Gasteiger partial charge in [0.25, 0.3) is 5.91 Å². The monoisotopic (exact) mass is 396 g/mol. The average molecular weight is 396 g/mol. The van der Waals surface area contributed by atoms with Gasteiger partial charge in [0, 0.05) is 12.5 Å². The number of ether oxygens (including phenoxy) is 2. The van der Waals surface area contributed by atoms with Crippen molar-refractivity contribution in [2.45, 2.75) is 38.8 Å². The number of amides is 2. The third kappa shape index (κ3) is 4.93. The van der Waals surface area contributed by atoms with E-state index in [1.54, 1.807) is 50.2 Å². The van der Waals surface area contributed by atoms with Gasteiger partial charge in [-0.15, -0.1) is 0 Å². The topological polar surface area (TPSA) is 84.9 Å². The smallest absolute Gasteiger partial charge is 0.347 e. The molecule has 0 unspecified atom stereocenters. The summed E-state index contributed by atoms with van der Waals surface area (Å²) < 4.78 is 10.9. The summed E-state index contributed by atoms with van der Waals surface area (Å²) in [6.45, 7) is 3.16. The Morgan fingerprint density at radius 3 is 2.55 bits per heavy atom. The molecule has 1 aliphatic heterocycles. The van der Waals surface area contributed by atoms with E-state index in [2.05, 4.69) is 5.32 Å². The molecule has 1 aliphatic rings. The summed E-state index contributed by atoms with van der Waals surface area (Å²) in [4.78, 5) is 38.8. The van der Waals surface area contributed by atoms with E-state index in [0.717, 1.165) is 0 Å². The van der Waals surface area contributed by atoms with Gasteiger partial charge in [0.05, 0.1) is 11.4 Å². The first-order valence-corrected chi connectivity index (χ1v) is 9.59. The molecule has 7 nitrogen and oxygen atoms in total. The molecule has 29 heavy (non-hydrogen) atoms. The molecular formula is C22H24N2O5. The lowest BCUT2D eigenvalue weighted by Gasteiger charge is -2.27. The van der Waals surface area contributed by atoms with E-state index in [0.29, 0.717) is 23.5 Å². The van der Waals surface area contributed by atoms with Gasteiger partial charge in [0.1, 0.15) is 5.75 Å². The predicted octanol–water partition coefficient (Wildman–Crippen LogP) is 3.15. The molecule has 0 saturated carbocycles. The predicted molar refractivity (Wildman–Crippen MR) is 109 cm³/mol. The number of para-hydroxylation sites is 3. The molecule has 0 aliphatic carbocycles. The van der Waals surface area contributed by atoms with E-state index in [-0.39, 0.29) is 18.4 Å². The van der Waals surface area contributed by atoms with Crippen molar-refractivity contribution in [3.05, 3.63) is 54.6 Å². The fourth-order valence-electron chi connectivity index (χ4n) is 3.22. The van der Waals surface area contributed by atoms with Gasteiger partial charge in [-0.3, -0.25) is 9.59 Å². The second-order valence-corrected chi connectivity index (χ2v) is 6.82. The minimum atomic E-state index is -0.803. The van der Waals surface area contributed by atoms with Gasteiger partial charge in [-0.05, 0) is 37.6 Å². The molecule has 0 bridgehead atoms. The van der Waals surface area contributed by atoms with Crippen LogP contribution in [0.1, 0.15) is 26.7 Å². The number of anilines is 2. The first-order chi connectivity index (χ1) is 14.0. The van der Waals surface area contributed by atoms with E-state index in [9.17, 15) is 14.4 Å². The molecule has 0 aromatic heterocycles. The lowest BCUT2D eigenvalue weighted by atomic mass is 10.1. The van der Waals surface area contributed by atoms with Crippen LogP contribution in [0.2, 0.25) is 0 Å². The fourth-order valence-corrected chi connectivity index (χ4v) is 3.22. The van der Waals surface area contributed by atoms with Crippen molar-refractivity contribution in [3.8, 4) is 5.75 Å². The van der Waals surface area contributed by atoms with Gasteiger partial charge < -0.3 is 19.7 Å². The highest BCUT2D eigenvalue weighted by molar-refractivity contribution is 6.05. The molecule has 7 heteroatoms. The van der Waals surface area contributed by atoms with Crippen molar-refractivity contribution in [2.75, 3.05) is 16.8 Å². The Bertz CT molecular complexity index is 884. The van der Waals surface area contributed by atoms with E-state index in [4.69, 9.17) is 9.47 Å². The van der Waals surface area contributed by atoms with Crippen LogP contribution in [0.5, 0.6) is 5.75 Å². The number of nitrogens with zero attached hydrogens (tertiary/aromatic N) is 1. The zero-order chi connectivity index (χ0) is 20.8. The highest BCUT2D eigenvalue weighted by Crippen LogP contribution is 2.31. The molecule has 0 radical (unpaired) electrons. The maximum absolute atomic E-state index is 12.9. The molecule has 0 saturated heterocycles. The van der Waals surface area contributed by atoms with Gasteiger partial charge in [0.15, 0.2) is 12.7 Å². The van der Waals surface area contributed by atoms with Crippen molar-refractivity contribution < 1.29 is 23.9 Å². The molecule has 1 N–H and O–H groups in total. The Kier molecular flexibility index (Phi) is 6.49. The van der Waals surface area contributed by atoms with Crippen LogP contribution in [0.4, 0.5) is 11.4 Å². The van der Waals surface area contributed by atoms with Gasteiger partial charge in [0.2, 0.25) is 5.91 Å². The van der Waals surface area contributed by atoms with E-state index in [1.165, 1.54) is 4.90 Å². The molecule has 2 amide bonds. The maximum Gasteiger partial charge on any atom is 0.347 e. The summed E-state index contributed by atoms with van der Waals surface area (Å²) >= 11 is 0. The summed E-state index contributed by atoms with van der Waals surface area (Å²) in [7, 11) is 0. The van der Waals surface area contributed by atoms with Crippen molar-refractivity contribution in [2.24, 2.45) is 0 Å². The Hall–Kier alpha value is -3.35. The molecule has 152 valence electrons. The Balaban J connectivity index is 1.67. The summed E-state index contributed by atoms with van der Waals surface area (Å²) in [5, 5.41) is 2.80. The Morgan fingerprint density at radius 1 is 1.14 bits per heavy atom. The number of carbonyl (C=O) groups excluding carboxylic acids is 3. The van der Waals surface area contributed by atoms with Crippen molar-refractivity contribution in [1.82, 2.24) is 0 Å². The fraction of sp³-hybridized carbons (Fsp3) is 0.318. The molecule has 2 aromatic rings. The SMILES string of the molecule is CC[C@@H](Oc1ccccc1)C(=O)OCC(=O)N1c2ccccc2NC(=O)C[C@H]1C. The molecule has 3 rings (SSSR count). The summed E-state index contributed by atoms with van der Waals surface area (Å²) in [6, 6.07) is 15.7. The maximum atomic E-state index is 12.9. The van der Waals surface area contributed by atoms with Crippen LogP contribution in [0.3, 0.4) is 0 Å². The van der Waals surface area contributed by atoms with Crippen molar-refractivity contribution >= 4 is 29.2 Å². The van der Waals surface area contributed by atoms with Crippen LogP contribution in [-0.2, 0) is 19.1 Å². The number of hydrogen-bond acceptors (Lipinski definition) is 5. The largest absolute Gasteiger partial charge is 0.479 e. The molecule has 2 atom stereocenters. The number of nitrogens with one attached hydrogen (secondary N) is 1. The molecule has 1 heterocycles. The van der Waals surface area contributed by atoms with Crippen LogP contribution >= 0.6 is 0 Å². The highest BCUT2D eigenvalue weighted by Gasteiger charge is 2.30. The summed E-state index contributed by atoms with van der Waals surface area (Å²) in [6.07, 6.45) is -0.242. The summed E-state index contributed by atoms with van der Waals surface area (Å²) in [5.41, 5.74) is 1.14. The number of benzene rings is 2. The van der Waals surface area contributed by atoms with Crippen LogP contribution < -0.4 is 15.0 Å². The standard InChI is InChI=1S/C22H24N2O5/c1-3-19(29-16-9-5-4-6-10-16)22(27)28-14-21(26)24-15(2)13-20(25)23-17-11-7-8-12-18(17)24/h4-12,15,19H,3,13-14H2,1-2H3,(H,23,25)/t15-,19-/m1/s1. The molecule has 2 aromatic carbocycles. The highest BCUT2D eigenvalue weighted by atomic mass is 16.6. The Labute approximate surface area is 169 Å². The average Bonchev–Trinajstić information content (AvgIpc) is 2.84. The Morgan fingerprint density at radius 2 is 1.83 bits per heavy atom. The van der Waals surface area contributed by atoms with Crippen LogP contribution in [0.25, 0.3) is 0 Å². The lowest BCUT2D eigenvalue weighted by Crippen LogP contribution is -2.42. The van der Waals surface area contributed by atoms with E-state index >= 15 is 0 Å². The number of esters is 1. The minimum Gasteiger partial charge on any atom is -0.479 e. The first kappa shape index (κ1) is 20.4. The normalized spacial score (nSPS) is 16.8. The van der Waals surface area contributed by atoms with Gasteiger partial charge in [-0.25, -0.2) is 4.79 Å². The van der Waals surface area contributed by atoms with Crippen molar-refractivity contribution in [3.63, 3.8) is 0 Å². The minimum absolute atomic E-state index is 0.156. The second-order valence-electron chi connectivity index (χ2n) is 6.82. The van der Waals surface area contributed by atoms with Crippen molar-refractivity contribution in [1.29, 1.82) is 0 Å². The zero-order valence-corrected chi connectivity index (χ0v) is 16.5. The van der Waals surface area contributed by atoms with Crippen LogP contribution in [0.15, 0.2) is 54.6 Å². The lowest BCUT2D eigenvalue weighted by molar-refractivity contribution is -0.155. The van der Waals surface area contributed by atoms with Crippen LogP contribution in [0, 0.1) is 0 Å². The summed E-state index contributed by atoms with van der Waals surface area (Å²) in [5.74, 6) is -0.610. The molecule has 0 fully saturated rings. The third-order valence-corrected chi connectivity index (χ3v) is 4.62. The van der Waals surface area contributed by atoms with Crippen LogP contribution in [-0.4, -0.2) is 36.5 Å². The van der Waals surface area contributed by atoms with E-state index < -0.39 is 24.6 Å². The number of carbonyl (C=O) groups is 3. The van der Waals surface area contributed by atoms with Gasteiger partial charge in [-0.2, -0.15) is 0 Å². The second kappa shape index (κ2) is 9.23. The quantitative estimate of drug-likeness (QED) is 0.758. The molecular weight excluding hydrogens is 372 g/mol. The number of fused-ring (bicyclic) bond motifs is 1.